The third kappa shape index (κ3) is 3.71. The molecule has 0 aliphatic carbocycles. The SMILES string of the molecule is CNC(=O)c1ccc(Cl)cc1NC(=O)[C@@H]1CC(=O)N(c2ccc3c(c2)OCO3)C1. The van der Waals surface area contributed by atoms with E-state index in [1.807, 2.05) is 0 Å². The van der Waals surface area contributed by atoms with Gasteiger partial charge in [0, 0.05) is 36.8 Å². The monoisotopic (exact) mass is 415 g/mol. The van der Waals surface area contributed by atoms with Crippen LogP contribution in [0.5, 0.6) is 11.5 Å². The lowest BCUT2D eigenvalue weighted by atomic mass is 10.1. The zero-order chi connectivity index (χ0) is 20.5. The molecule has 9 heteroatoms. The molecule has 0 radical (unpaired) electrons. The standard InChI is InChI=1S/C20H18ClN3O5/c1-22-20(27)14-4-2-12(21)7-15(14)23-19(26)11-6-18(25)24(9-11)13-3-5-16-17(8-13)29-10-28-16/h2-5,7-8,11H,6,9-10H2,1H3,(H,22,27)(H,23,26)/t11-/m1/s1. The first kappa shape index (κ1) is 19.1. The second kappa shape index (κ2) is 7.63. The van der Waals surface area contributed by atoms with Gasteiger partial charge in [-0.15, -0.1) is 0 Å². The molecule has 0 saturated carbocycles. The van der Waals surface area contributed by atoms with E-state index in [9.17, 15) is 14.4 Å². The van der Waals surface area contributed by atoms with E-state index in [0.29, 0.717) is 33.5 Å². The van der Waals surface area contributed by atoms with Crippen LogP contribution in [-0.4, -0.2) is 38.1 Å². The lowest BCUT2D eigenvalue weighted by molar-refractivity contribution is -0.122. The van der Waals surface area contributed by atoms with Crippen LogP contribution in [0.4, 0.5) is 11.4 Å². The van der Waals surface area contributed by atoms with Crippen LogP contribution in [0, 0.1) is 5.92 Å². The molecular formula is C20H18ClN3O5. The van der Waals surface area contributed by atoms with Crippen molar-refractivity contribution in [1.29, 1.82) is 0 Å². The number of halogens is 1. The predicted molar refractivity (Wildman–Crippen MR) is 106 cm³/mol. The molecule has 2 N–H and O–H groups in total. The van der Waals surface area contributed by atoms with Gasteiger partial charge in [-0.05, 0) is 30.3 Å². The summed E-state index contributed by atoms with van der Waals surface area (Å²) in [5.41, 5.74) is 1.24. The highest BCUT2D eigenvalue weighted by Crippen LogP contribution is 2.37. The van der Waals surface area contributed by atoms with Crippen LogP contribution in [0.1, 0.15) is 16.8 Å². The zero-order valence-corrected chi connectivity index (χ0v) is 16.3. The summed E-state index contributed by atoms with van der Waals surface area (Å²) >= 11 is 6.01. The summed E-state index contributed by atoms with van der Waals surface area (Å²) in [5, 5.41) is 5.64. The fraction of sp³-hybridized carbons (Fsp3) is 0.250. The summed E-state index contributed by atoms with van der Waals surface area (Å²) in [6.07, 6.45) is 0.0656. The molecule has 0 unspecified atom stereocenters. The maximum Gasteiger partial charge on any atom is 0.253 e. The van der Waals surface area contributed by atoms with E-state index in [1.54, 1.807) is 29.2 Å². The molecular weight excluding hydrogens is 398 g/mol. The Morgan fingerprint density at radius 2 is 1.93 bits per heavy atom. The van der Waals surface area contributed by atoms with Crippen molar-refractivity contribution in [3.63, 3.8) is 0 Å². The first-order valence-electron chi connectivity index (χ1n) is 8.99. The molecule has 2 aliphatic rings. The van der Waals surface area contributed by atoms with Gasteiger partial charge in [-0.3, -0.25) is 14.4 Å². The summed E-state index contributed by atoms with van der Waals surface area (Å²) in [5.74, 6) is -0.240. The van der Waals surface area contributed by atoms with Crippen LogP contribution in [0.15, 0.2) is 36.4 Å². The predicted octanol–water partition coefficient (Wildman–Crippen LogP) is 2.42. The van der Waals surface area contributed by atoms with Crippen LogP contribution in [0.3, 0.4) is 0 Å². The molecule has 150 valence electrons. The molecule has 0 spiro atoms. The number of ether oxygens (including phenoxy) is 2. The van der Waals surface area contributed by atoms with Crippen molar-refractivity contribution in [2.24, 2.45) is 5.92 Å². The molecule has 2 aromatic rings. The van der Waals surface area contributed by atoms with Crippen molar-refractivity contribution >= 4 is 40.7 Å². The largest absolute Gasteiger partial charge is 0.454 e. The molecule has 2 aromatic carbocycles. The van der Waals surface area contributed by atoms with Crippen molar-refractivity contribution in [1.82, 2.24) is 5.32 Å². The number of carbonyl (C=O) groups is 3. The van der Waals surface area contributed by atoms with Crippen molar-refractivity contribution in [2.45, 2.75) is 6.42 Å². The first-order chi connectivity index (χ1) is 14.0. The third-order valence-corrected chi connectivity index (χ3v) is 5.11. The molecule has 8 nitrogen and oxygen atoms in total. The lowest BCUT2D eigenvalue weighted by Gasteiger charge is -2.17. The minimum absolute atomic E-state index is 0.0656. The first-order valence-corrected chi connectivity index (χ1v) is 9.36. The van der Waals surface area contributed by atoms with Crippen LogP contribution in [0.2, 0.25) is 5.02 Å². The molecule has 0 bridgehead atoms. The van der Waals surface area contributed by atoms with Crippen molar-refractivity contribution in [3.05, 3.63) is 47.0 Å². The van der Waals surface area contributed by atoms with Gasteiger partial charge in [0.1, 0.15) is 0 Å². The van der Waals surface area contributed by atoms with Crippen LogP contribution in [-0.2, 0) is 9.59 Å². The topological polar surface area (TPSA) is 97.0 Å². The second-order valence-electron chi connectivity index (χ2n) is 6.70. The number of fused-ring (bicyclic) bond motifs is 1. The summed E-state index contributed by atoms with van der Waals surface area (Å²) in [6, 6.07) is 9.83. The van der Waals surface area contributed by atoms with Gasteiger partial charge in [0.2, 0.25) is 18.6 Å². The van der Waals surface area contributed by atoms with Gasteiger partial charge in [0.25, 0.3) is 5.91 Å². The normalized spacial score (nSPS) is 17.4. The van der Waals surface area contributed by atoms with E-state index < -0.39 is 5.92 Å². The number of hydrogen-bond acceptors (Lipinski definition) is 5. The zero-order valence-electron chi connectivity index (χ0n) is 15.5. The highest BCUT2D eigenvalue weighted by atomic mass is 35.5. The number of hydrogen-bond donors (Lipinski definition) is 2. The number of anilines is 2. The van der Waals surface area contributed by atoms with E-state index in [-0.39, 0.29) is 37.5 Å². The molecule has 2 heterocycles. The van der Waals surface area contributed by atoms with Crippen LogP contribution >= 0.6 is 11.6 Å². The Labute approximate surface area is 171 Å². The van der Waals surface area contributed by atoms with Crippen LogP contribution in [0.25, 0.3) is 0 Å². The number of benzene rings is 2. The number of carbonyl (C=O) groups excluding carboxylic acids is 3. The van der Waals surface area contributed by atoms with Gasteiger partial charge < -0.3 is 25.0 Å². The minimum Gasteiger partial charge on any atom is -0.454 e. The minimum atomic E-state index is -0.565. The van der Waals surface area contributed by atoms with Gasteiger partial charge in [0.05, 0.1) is 17.2 Å². The van der Waals surface area contributed by atoms with Gasteiger partial charge in [-0.2, -0.15) is 0 Å². The molecule has 1 fully saturated rings. The Hall–Kier alpha value is -3.26. The quantitative estimate of drug-likeness (QED) is 0.799. The van der Waals surface area contributed by atoms with Crippen LogP contribution < -0.4 is 25.0 Å². The van der Waals surface area contributed by atoms with E-state index in [2.05, 4.69) is 10.6 Å². The van der Waals surface area contributed by atoms with Crippen molar-refractivity contribution in [3.8, 4) is 11.5 Å². The van der Waals surface area contributed by atoms with Gasteiger partial charge in [-0.25, -0.2) is 0 Å². The Kier molecular flexibility index (Phi) is 5.02. The maximum absolute atomic E-state index is 12.8. The maximum atomic E-state index is 12.8. The molecule has 4 rings (SSSR count). The highest BCUT2D eigenvalue weighted by molar-refractivity contribution is 6.31. The number of nitrogens with zero attached hydrogens (tertiary/aromatic N) is 1. The second-order valence-corrected chi connectivity index (χ2v) is 7.14. The van der Waals surface area contributed by atoms with E-state index in [4.69, 9.17) is 21.1 Å². The van der Waals surface area contributed by atoms with E-state index in [1.165, 1.54) is 19.2 Å². The Morgan fingerprint density at radius 3 is 2.72 bits per heavy atom. The summed E-state index contributed by atoms with van der Waals surface area (Å²) in [4.78, 5) is 38.9. The summed E-state index contributed by atoms with van der Waals surface area (Å²) < 4.78 is 10.6. The number of rotatable bonds is 4. The third-order valence-electron chi connectivity index (χ3n) is 4.87. The van der Waals surface area contributed by atoms with Gasteiger partial charge in [0.15, 0.2) is 11.5 Å². The van der Waals surface area contributed by atoms with E-state index >= 15 is 0 Å². The molecule has 1 atom stereocenters. The lowest BCUT2D eigenvalue weighted by Crippen LogP contribution is -2.29. The summed E-state index contributed by atoms with van der Waals surface area (Å²) in [6.45, 7) is 0.366. The molecule has 2 aliphatic heterocycles. The Bertz CT molecular complexity index is 1010. The fourth-order valence-electron chi connectivity index (χ4n) is 3.37. The molecule has 3 amide bonds. The Balaban J connectivity index is 1.50. The molecule has 1 saturated heterocycles. The average molecular weight is 416 g/mol. The van der Waals surface area contributed by atoms with E-state index in [0.717, 1.165) is 0 Å². The molecule has 29 heavy (non-hydrogen) atoms. The number of nitrogens with one attached hydrogen (secondary N) is 2. The Morgan fingerprint density at radius 1 is 1.14 bits per heavy atom. The fourth-order valence-corrected chi connectivity index (χ4v) is 3.55. The van der Waals surface area contributed by atoms with Crippen molar-refractivity contribution in [2.75, 3.05) is 30.6 Å². The van der Waals surface area contributed by atoms with Gasteiger partial charge >= 0.3 is 0 Å². The van der Waals surface area contributed by atoms with Crippen molar-refractivity contribution < 1.29 is 23.9 Å². The molecule has 0 aromatic heterocycles. The average Bonchev–Trinajstić information content (AvgIpc) is 3.33. The number of amides is 3. The van der Waals surface area contributed by atoms with Gasteiger partial charge in [-0.1, -0.05) is 11.6 Å². The smallest absolute Gasteiger partial charge is 0.253 e. The summed E-state index contributed by atoms with van der Waals surface area (Å²) in [7, 11) is 1.50. The highest BCUT2D eigenvalue weighted by Gasteiger charge is 2.36.